The van der Waals surface area contributed by atoms with Crippen LogP contribution in [0.1, 0.15) is 22.5 Å². The number of nitrogens with zero attached hydrogens (tertiary/aromatic N) is 2. The van der Waals surface area contributed by atoms with Gasteiger partial charge in [0.05, 0.1) is 12.8 Å². The van der Waals surface area contributed by atoms with Crippen LogP contribution in [0.15, 0.2) is 77.9 Å². The summed E-state index contributed by atoms with van der Waals surface area (Å²) in [6, 6.07) is 24.6. The molecule has 4 aromatic rings. The zero-order valence-electron chi connectivity index (χ0n) is 18.0. The molecule has 0 saturated carbocycles. The SMILES string of the molecule is Cc1ccc(-n2c(C)cc(/C=N\NC(=O)CNc3cccc4ccccc34)c2C)cc1. The monoisotopic (exact) mass is 410 g/mol. The lowest BCUT2D eigenvalue weighted by Gasteiger charge is -2.10. The molecule has 0 saturated heterocycles. The number of carbonyl (C=O) groups excluding carboxylic acids is 1. The maximum absolute atomic E-state index is 12.3. The third-order valence-corrected chi connectivity index (χ3v) is 5.38. The first-order valence-electron chi connectivity index (χ1n) is 10.3. The molecule has 0 fully saturated rings. The summed E-state index contributed by atoms with van der Waals surface area (Å²) >= 11 is 0. The summed E-state index contributed by atoms with van der Waals surface area (Å²) in [5, 5.41) is 9.58. The van der Waals surface area contributed by atoms with Gasteiger partial charge in [0.2, 0.25) is 0 Å². The number of hydrazone groups is 1. The Labute approximate surface area is 182 Å². The molecule has 1 aromatic heterocycles. The number of rotatable bonds is 6. The quantitative estimate of drug-likeness (QED) is 0.342. The first kappa shape index (κ1) is 20.4. The molecule has 0 aliphatic rings. The van der Waals surface area contributed by atoms with E-state index in [0.717, 1.165) is 39.1 Å². The number of carbonyl (C=O) groups is 1. The van der Waals surface area contributed by atoms with Gasteiger partial charge < -0.3 is 9.88 Å². The molecule has 3 aromatic carbocycles. The topological polar surface area (TPSA) is 58.4 Å². The van der Waals surface area contributed by atoms with Crippen molar-refractivity contribution in [2.75, 3.05) is 11.9 Å². The summed E-state index contributed by atoms with van der Waals surface area (Å²) in [5.41, 5.74) is 9.05. The number of hydrogen-bond acceptors (Lipinski definition) is 3. The van der Waals surface area contributed by atoms with Crippen LogP contribution in [-0.2, 0) is 4.79 Å². The van der Waals surface area contributed by atoms with Gasteiger partial charge in [-0.25, -0.2) is 5.43 Å². The molecule has 0 radical (unpaired) electrons. The van der Waals surface area contributed by atoms with Crippen molar-refractivity contribution >= 4 is 28.6 Å². The molecule has 5 heteroatoms. The zero-order valence-corrected chi connectivity index (χ0v) is 18.0. The normalized spacial score (nSPS) is 11.2. The number of hydrogen-bond donors (Lipinski definition) is 2. The van der Waals surface area contributed by atoms with Crippen LogP contribution >= 0.6 is 0 Å². The summed E-state index contributed by atoms with van der Waals surface area (Å²) < 4.78 is 2.19. The lowest BCUT2D eigenvalue weighted by molar-refractivity contribution is -0.119. The van der Waals surface area contributed by atoms with Gasteiger partial charge in [0.25, 0.3) is 5.91 Å². The fraction of sp³-hybridized carbons (Fsp3) is 0.154. The van der Waals surface area contributed by atoms with E-state index in [1.165, 1.54) is 5.56 Å². The maximum Gasteiger partial charge on any atom is 0.259 e. The number of fused-ring (bicyclic) bond motifs is 1. The lowest BCUT2D eigenvalue weighted by atomic mass is 10.1. The summed E-state index contributed by atoms with van der Waals surface area (Å²) in [5.74, 6) is -0.198. The standard InChI is InChI=1S/C26H26N4O/c1-18-11-13-23(14-12-18)30-19(2)15-22(20(30)3)16-28-29-26(31)17-27-25-10-6-8-21-7-4-5-9-24(21)25/h4-16,27H,17H2,1-3H3,(H,29,31)/b28-16-. The largest absolute Gasteiger partial charge is 0.376 e. The third kappa shape index (κ3) is 4.51. The Morgan fingerprint density at radius 1 is 0.968 bits per heavy atom. The van der Waals surface area contributed by atoms with Crippen molar-refractivity contribution in [2.24, 2.45) is 5.10 Å². The van der Waals surface area contributed by atoms with Crippen molar-refractivity contribution in [3.8, 4) is 5.69 Å². The molecule has 31 heavy (non-hydrogen) atoms. The summed E-state index contributed by atoms with van der Waals surface area (Å²) in [7, 11) is 0. The smallest absolute Gasteiger partial charge is 0.259 e. The van der Waals surface area contributed by atoms with Crippen molar-refractivity contribution in [2.45, 2.75) is 20.8 Å². The van der Waals surface area contributed by atoms with Gasteiger partial charge in [0, 0.05) is 33.7 Å². The van der Waals surface area contributed by atoms with Crippen molar-refractivity contribution in [1.82, 2.24) is 9.99 Å². The minimum absolute atomic E-state index is 0.147. The number of aromatic nitrogens is 1. The van der Waals surface area contributed by atoms with Crippen LogP contribution in [0.4, 0.5) is 5.69 Å². The van der Waals surface area contributed by atoms with Gasteiger partial charge in [-0.15, -0.1) is 0 Å². The highest BCUT2D eigenvalue weighted by molar-refractivity contribution is 5.95. The van der Waals surface area contributed by atoms with Crippen LogP contribution in [0.3, 0.4) is 0 Å². The van der Waals surface area contributed by atoms with Crippen LogP contribution in [0, 0.1) is 20.8 Å². The summed E-state index contributed by atoms with van der Waals surface area (Å²) in [6.07, 6.45) is 1.70. The van der Waals surface area contributed by atoms with E-state index in [-0.39, 0.29) is 12.5 Å². The van der Waals surface area contributed by atoms with E-state index in [1.807, 2.05) is 30.3 Å². The van der Waals surface area contributed by atoms with Gasteiger partial charge in [-0.05, 0) is 50.4 Å². The lowest BCUT2D eigenvalue weighted by Crippen LogP contribution is -2.25. The average molecular weight is 411 g/mol. The maximum atomic E-state index is 12.3. The predicted octanol–water partition coefficient (Wildman–Crippen LogP) is 5.12. The van der Waals surface area contributed by atoms with Crippen molar-refractivity contribution < 1.29 is 4.79 Å². The average Bonchev–Trinajstić information content (AvgIpc) is 3.06. The van der Waals surface area contributed by atoms with Crippen LogP contribution in [0.5, 0.6) is 0 Å². The van der Waals surface area contributed by atoms with Crippen LogP contribution < -0.4 is 10.7 Å². The van der Waals surface area contributed by atoms with Gasteiger partial charge in [0.15, 0.2) is 0 Å². The Kier molecular flexibility index (Phi) is 5.85. The molecule has 0 unspecified atom stereocenters. The number of benzene rings is 3. The minimum atomic E-state index is -0.198. The number of aryl methyl sites for hydroxylation is 2. The van der Waals surface area contributed by atoms with E-state index in [1.54, 1.807) is 6.21 Å². The molecule has 2 N–H and O–H groups in total. The van der Waals surface area contributed by atoms with Crippen LogP contribution in [0.25, 0.3) is 16.5 Å². The van der Waals surface area contributed by atoms with E-state index < -0.39 is 0 Å². The zero-order chi connectivity index (χ0) is 21.8. The second kappa shape index (κ2) is 8.88. The van der Waals surface area contributed by atoms with Crippen molar-refractivity contribution in [3.63, 3.8) is 0 Å². The van der Waals surface area contributed by atoms with Gasteiger partial charge in [-0.3, -0.25) is 4.79 Å². The van der Waals surface area contributed by atoms with E-state index in [4.69, 9.17) is 0 Å². The van der Waals surface area contributed by atoms with Crippen LogP contribution in [0.2, 0.25) is 0 Å². The fourth-order valence-electron chi connectivity index (χ4n) is 3.78. The van der Waals surface area contributed by atoms with Gasteiger partial charge in [0.1, 0.15) is 0 Å². The van der Waals surface area contributed by atoms with Gasteiger partial charge in [-0.2, -0.15) is 5.10 Å². The molecule has 0 atom stereocenters. The van der Waals surface area contributed by atoms with E-state index >= 15 is 0 Å². The molecule has 0 bridgehead atoms. The third-order valence-electron chi connectivity index (χ3n) is 5.38. The minimum Gasteiger partial charge on any atom is -0.376 e. The predicted molar refractivity (Wildman–Crippen MR) is 128 cm³/mol. The molecule has 1 amide bonds. The Morgan fingerprint density at radius 2 is 1.71 bits per heavy atom. The Hall–Kier alpha value is -3.86. The molecule has 4 rings (SSSR count). The Bertz CT molecular complexity index is 1250. The molecular formula is C26H26N4O. The van der Waals surface area contributed by atoms with E-state index in [0.29, 0.717) is 0 Å². The van der Waals surface area contributed by atoms with E-state index in [2.05, 4.69) is 83.6 Å². The highest BCUT2D eigenvalue weighted by Crippen LogP contribution is 2.23. The number of anilines is 1. The summed E-state index contributed by atoms with van der Waals surface area (Å²) in [6.45, 7) is 6.35. The molecule has 1 heterocycles. The molecule has 5 nitrogen and oxygen atoms in total. The Balaban J connectivity index is 1.40. The number of amides is 1. The Morgan fingerprint density at radius 3 is 2.52 bits per heavy atom. The van der Waals surface area contributed by atoms with E-state index in [9.17, 15) is 4.79 Å². The summed E-state index contributed by atoms with van der Waals surface area (Å²) in [4.78, 5) is 12.3. The molecule has 0 aliphatic heterocycles. The second-order valence-corrected chi connectivity index (χ2v) is 7.67. The second-order valence-electron chi connectivity index (χ2n) is 7.67. The molecule has 156 valence electrons. The molecule has 0 spiro atoms. The van der Waals surface area contributed by atoms with Crippen molar-refractivity contribution in [3.05, 3.63) is 95.3 Å². The molecular weight excluding hydrogens is 384 g/mol. The first-order chi connectivity index (χ1) is 15.0. The highest BCUT2D eigenvalue weighted by Gasteiger charge is 2.09. The van der Waals surface area contributed by atoms with Gasteiger partial charge >= 0.3 is 0 Å². The first-order valence-corrected chi connectivity index (χ1v) is 10.3. The van der Waals surface area contributed by atoms with Gasteiger partial charge in [-0.1, -0.05) is 54.1 Å². The van der Waals surface area contributed by atoms with Crippen molar-refractivity contribution in [1.29, 1.82) is 0 Å². The fourth-order valence-corrected chi connectivity index (χ4v) is 3.78. The number of nitrogens with one attached hydrogen (secondary N) is 2. The van der Waals surface area contributed by atoms with Crippen LogP contribution in [-0.4, -0.2) is 23.2 Å². The molecule has 0 aliphatic carbocycles. The highest BCUT2D eigenvalue weighted by atomic mass is 16.2.